The third-order valence-corrected chi connectivity index (χ3v) is 2.25. The molecule has 0 aliphatic rings. The Kier molecular flexibility index (Phi) is 1.91. The van der Waals surface area contributed by atoms with Crippen LogP contribution >= 0.6 is 0 Å². The molecule has 0 fully saturated rings. The van der Waals surface area contributed by atoms with Crippen molar-refractivity contribution in [1.29, 1.82) is 0 Å². The molecule has 74 valence electrons. The first-order valence-electron chi connectivity index (χ1n) is 4.51. The minimum Gasteiger partial charge on any atom is -0.396 e. The fraction of sp³-hybridized carbons (Fsp3) is 0.300. The number of nitrogen functional groups attached to an aromatic ring is 1. The molecule has 1 aromatic carbocycles. The van der Waals surface area contributed by atoms with Crippen molar-refractivity contribution >= 4 is 16.7 Å². The van der Waals surface area contributed by atoms with Crippen molar-refractivity contribution in [2.45, 2.75) is 19.9 Å². The molecule has 3 nitrogen and oxygen atoms in total. The Morgan fingerprint density at radius 2 is 2.14 bits per heavy atom. The molecule has 0 unspecified atom stereocenters. The van der Waals surface area contributed by atoms with Gasteiger partial charge in [-0.1, -0.05) is 0 Å². The van der Waals surface area contributed by atoms with Crippen LogP contribution in [0, 0.1) is 5.82 Å². The average Bonchev–Trinajstić information content (AvgIpc) is 2.48. The van der Waals surface area contributed by atoms with Crippen molar-refractivity contribution in [1.82, 2.24) is 9.55 Å². The summed E-state index contributed by atoms with van der Waals surface area (Å²) in [6.45, 7) is 4.05. The minimum atomic E-state index is -0.389. The molecule has 2 N–H and O–H groups in total. The topological polar surface area (TPSA) is 43.8 Å². The first-order chi connectivity index (χ1) is 6.59. The summed E-state index contributed by atoms with van der Waals surface area (Å²) in [5.74, 6) is -0.389. The van der Waals surface area contributed by atoms with E-state index in [1.165, 1.54) is 6.07 Å². The van der Waals surface area contributed by atoms with E-state index >= 15 is 0 Å². The second kappa shape index (κ2) is 2.97. The third kappa shape index (κ3) is 1.23. The maximum absolute atomic E-state index is 13.2. The van der Waals surface area contributed by atoms with E-state index in [-0.39, 0.29) is 17.5 Å². The lowest BCUT2D eigenvalue weighted by molar-refractivity contribution is 0.610. The van der Waals surface area contributed by atoms with Crippen LogP contribution in [-0.2, 0) is 0 Å². The van der Waals surface area contributed by atoms with Gasteiger partial charge in [-0.25, -0.2) is 9.37 Å². The van der Waals surface area contributed by atoms with Crippen LogP contribution in [0.25, 0.3) is 11.0 Å². The first-order valence-corrected chi connectivity index (χ1v) is 4.51. The van der Waals surface area contributed by atoms with E-state index in [2.05, 4.69) is 4.98 Å². The molecular formula is C10H12FN3. The van der Waals surface area contributed by atoms with Crippen molar-refractivity contribution in [2.24, 2.45) is 0 Å². The summed E-state index contributed by atoms with van der Waals surface area (Å²) in [4.78, 5) is 4.16. The van der Waals surface area contributed by atoms with Crippen LogP contribution in [0.5, 0.6) is 0 Å². The number of imidazole rings is 1. The number of nitrogens with zero attached hydrogens (tertiary/aromatic N) is 2. The summed E-state index contributed by atoms with van der Waals surface area (Å²) in [5.41, 5.74) is 7.11. The molecule has 0 aliphatic heterocycles. The van der Waals surface area contributed by atoms with Crippen molar-refractivity contribution in [3.63, 3.8) is 0 Å². The van der Waals surface area contributed by atoms with Crippen LogP contribution in [0.3, 0.4) is 0 Å². The van der Waals surface area contributed by atoms with Gasteiger partial charge in [-0.2, -0.15) is 0 Å². The Balaban J connectivity index is 2.74. The zero-order valence-corrected chi connectivity index (χ0v) is 8.16. The minimum absolute atomic E-state index is 0.145. The Hall–Kier alpha value is -1.58. The molecule has 0 atom stereocenters. The van der Waals surface area contributed by atoms with Gasteiger partial charge >= 0.3 is 0 Å². The fourth-order valence-corrected chi connectivity index (χ4v) is 1.48. The van der Waals surface area contributed by atoms with Gasteiger partial charge in [0.15, 0.2) is 0 Å². The van der Waals surface area contributed by atoms with Crippen molar-refractivity contribution in [3.05, 3.63) is 24.3 Å². The van der Waals surface area contributed by atoms with Crippen molar-refractivity contribution in [3.8, 4) is 0 Å². The average molecular weight is 193 g/mol. The predicted octanol–water partition coefficient (Wildman–Crippen LogP) is 2.34. The number of hydrogen-bond acceptors (Lipinski definition) is 2. The number of rotatable bonds is 1. The Bertz CT molecular complexity index is 473. The lowest BCUT2D eigenvalue weighted by Crippen LogP contribution is -1.99. The van der Waals surface area contributed by atoms with E-state index in [9.17, 15) is 4.39 Å². The van der Waals surface area contributed by atoms with Gasteiger partial charge in [-0.15, -0.1) is 0 Å². The van der Waals surface area contributed by atoms with E-state index < -0.39 is 0 Å². The van der Waals surface area contributed by atoms with Gasteiger partial charge in [0.25, 0.3) is 0 Å². The van der Waals surface area contributed by atoms with E-state index in [1.54, 1.807) is 12.4 Å². The zero-order valence-electron chi connectivity index (χ0n) is 8.16. The molecule has 0 saturated carbocycles. The zero-order chi connectivity index (χ0) is 10.3. The van der Waals surface area contributed by atoms with Gasteiger partial charge in [-0.3, -0.25) is 0 Å². The smallest absolute Gasteiger partial charge is 0.148 e. The number of hydrogen-bond donors (Lipinski definition) is 1. The van der Waals surface area contributed by atoms with Crippen LogP contribution in [0.4, 0.5) is 10.1 Å². The Morgan fingerprint density at radius 1 is 1.43 bits per heavy atom. The molecule has 0 saturated heterocycles. The molecule has 14 heavy (non-hydrogen) atoms. The summed E-state index contributed by atoms with van der Waals surface area (Å²) >= 11 is 0. The normalized spacial score (nSPS) is 11.4. The van der Waals surface area contributed by atoms with Crippen LogP contribution < -0.4 is 5.73 Å². The van der Waals surface area contributed by atoms with Crippen molar-refractivity contribution < 1.29 is 4.39 Å². The number of benzene rings is 1. The molecule has 0 aliphatic carbocycles. The highest BCUT2D eigenvalue weighted by atomic mass is 19.1. The summed E-state index contributed by atoms with van der Waals surface area (Å²) in [6.07, 6.45) is 1.70. The van der Waals surface area contributed by atoms with Crippen LogP contribution in [0.15, 0.2) is 18.5 Å². The van der Waals surface area contributed by atoms with Crippen LogP contribution in [0.1, 0.15) is 19.9 Å². The van der Waals surface area contributed by atoms with Crippen LogP contribution in [0.2, 0.25) is 0 Å². The summed E-state index contributed by atoms with van der Waals surface area (Å²) < 4.78 is 15.1. The van der Waals surface area contributed by atoms with E-state index in [0.29, 0.717) is 0 Å². The Morgan fingerprint density at radius 3 is 2.79 bits per heavy atom. The summed E-state index contributed by atoms with van der Waals surface area (Å²) in [7, 11) is 0. The fourth-order valence-electron chi connectivity index (χ4n) is 1.48. The van der Waals surface area contributed by atoms with Gasteiger partial charge in [0.2, 0.25) is 0 Å². The molecule has 0 bridgehead atoms. The monoisotopic (exact) mass is 193 g/mol. The van der Waals surface area contributed by atoms with Gasteiger partial charge < -0.3 is 10.3 Å². The molecule has 1 heterocycles. The number of aromatic nitrogens is 2. The van der Waals surface area contributed by atoms with Gasteiger partial charge in [0.1, 0.15) is 5.82 Å². The maximum Gasteiger partial charge on any atom is 0.148 e. The Labute approximate surface area is 81.4 Å². The van der Waals surface area contributed by atoms with E-state index in [4.69, 9.17) is 5.73 Å². The number of anilines is 1. The first kappa shape index (κ1) is 8.99. The largest absolute Gasteiger partial charge is 0.396 e. The lowest BCUT2D eigenvalue weighted by Gasteiger charge is -2.07. The SMILES string of the molecule is CC(C)n1cnc2cc(N)c(F)cc21. The van der Waals surface area contributed by atoms with Gasteiger partial charge in [0.05, 0.1) is 23.0 Å². The summed E-state index contributed by atoms with van der Waals surface area (Å²) in [6, 6.07) is 3.25. The second-order valence-electron chi connectivity index (χ2n) is 3.61. The van der Waals surface area contributed by atoms with Gasteiger partial charge in [0, 0.05) is 12.1 Å². The molecular weight excluding hydrogens is 181 g/mol. The quantitative estimate of drug-likeness (QED) is 0.706. The highest BCUT2D eigenvalue weighted by Crippen LogP contribution is 2.22. The molecule has 2 rings (SSSR count). The standard InChI is InChI=1S/C10H12FN3/c1-6(2)14-5-13-9-4-8(12)7(11)3-10(9)14/h3-6H,12H2,1-2H3. The van der Waals surface area contributed by atoms with Crippen LogP contribution in [-0.4, -0.2) is 9.55 Å². The molecule has 4 heteroatoms. The molecule has 0 spiro atoms. The second-order valence-corrected chi connectivity index (χ2v) is 3.61. The third-order valence-electron chi connectivity index (χ3n) is 2.25. The summed E-state index contributed by atoms with van der Waals surface area (Å²) in [5, 5.41) is 0. The highest BCUT2D eigenvalue weighted by Gasteiger charge is 2.08. The maximum atomic E-state index is 13.2. The highest BCUT2D eigenvalue weighted by molar-refractivity contribution is 5.79. The number of nitrogens with two attached hydrogens (primary N) is 1. The molecule has 0 radical (unpaired) electrons. The molecule has 2 aromatic rings. The van der Waals surface area contributed by atoms with E-state index in [1.807, 2.05) is 18.4 Å². The van der Waals surface area contributed by atoms with E-state index in [0.717, 1.165) is 11.0 Å². The molecule has 0 amide bonds. The molecule has 1 aromatic heterocycles. The van der Waals surface area contributed by atoms with Crippen molar-refractivity contribution in [2.75, 3.05) is 5.73 Å². The number of fused-ring (bicyclic) bond motifs is 1. The van der Waals surface area contributed by atoms with Gasteiger partial charge in [-0.05, 0) is 19.9 Å². The predicted molar refractivity (Wildman–Crippen MR) is 54.5 cm³/mol. The number of halogens is 1. The lowest BCUT2D eigenvalue weighted by atomic mass is 10.2.